The summed E-state index contributed by atoms with van der Waals surface area (Å²) in [7, 11) is 0. The van der Waals surface area contributed by atoms with E-state index < -0.39 is 0 Å². The molecule has 1 aliphatic carbocycles. The Labute approximate surface area is 181 Å². The van der Waals surface area contributed by atoms with Gasteiger partial charge in [0.2, 0.25) is 5.91 Å². The van der Waals surface area contributed by atoms with Crippen LogP contribution in [0.1, 0.15) is 51.5 Å². The van der Waals surface area contributed by atoms with E-state index in [9.17, 15) is 9.59 Å². The fourth-order valence-electron chi connectivity index (χ4n) is 3.49. The molecule has 1 fully saturated rings. The summed E-state index contributed by atoms with van der Waals surface area (Å²) in [5.74, 6) is 0.278. The lowest BCUT2D eigenvalue weighted by Crippen LogP contribution is -2.25. The molecule has 3 aromatic rings. The van der Waals surface area contributed by atoms with E-state index in [1.54, 1.807) is 28.9 Å². The highest BCUT2D eigenvalue weighted by atomic mass is 16.2. The zero-order chi connectivity index (χ0) is 22.1. The molecule has 2 aromatic heterocycles. The number of carbonyl (C=O) groups excluding carboxylic acids is 2. The van der Waals surface area contributed by atoms with Gasteiger partial charge < -0.3 is 10.6 Å². The van der Waals surface area contributed by atoms with Crippen LogP contribution in [0.5, 0.6) is 0 Å². The van der Waals surface area contributed by atoms with Crippen molar-refractivity contribution in [3.63, 3.8) is 0 Å². The lowest BCUT2D eigenvalue weighted by Gasteiger charge is -2.08. The van der Waals surface area contributed by atoms with Gasteiger partial charge in [0.25, 0.3) is 11.9 Å². The lowest BCUT2D eigenvalue weighted by atomic mass is 10.1. The quantitative estimate of drug-likeness (QED) is 0.641. The molecule has 160 valence electrons. The van der Waals surface area contributed by atoms with Crippen LogP contribution in [0.15, 0.2) is 30.3 Å². The van der Waals surface area contributed by atoms with Gasteiger partial charge in [0.1, 0.15) is 0 Å². The van der Waals surface area contributed by atoms with E-state index in [0.29, 0.717) is 23.2 Å². The van der Waals surface area contributed by atoms with Gasteiger partial charge in [-0.15, -0.1) is 0 Å². The molecule has 1 aromatic carbocycles. The number of aromatic nitrogens is 4. The Hall–Kier alpha value is -3.55. The molecule has 0 unspecified atom stereocenters. The average Bonchev–Trinajstić information content (AvgIpc) is 3.48. The number of nitrogens with one attached hydrogen (secondary N) is 2. The maximum atomic E-state index is 12.7. The molecule has 2 heterocycles. The predicted octanol–water partition coefficient (Wildman–Crippen LogP) is 2.97. The third-order valence-electron chi connectivity index (χ3n) is 5.28. The minimum absolute atomic E-state index is 0.0763. The molecular formula is C23H26N6O2. The maximum absolute atomic E-state index is 12.7. The minimum Gasteiger partial charge on any atom is -0.349 e. The fourth-order valence-corrected chi connectivity index (χ4v) is 3.49. The average molecular weight is 419 g/mol. The monoisotopic (exact) mass is 418 g/mol. The van der Waals surface area contributed by atoms with Crippen LogP contribution in [-0.2, 0) is 11.2 Å². The first kappa shape index (κ1) is 20.7. The van der Waals surface area contributed by atoms with Crippen molar-refractivity contribution >= 4 is 17.5 Å². The Morgan fingerprint density at radius 2 is 1.68 bits per heavy atom. The van der Waals surface area contributed by atoms with E-state index in [4.69, 9.17) is 0 Å². The number of hydrogen-bond acceptors (Lipinski definition) is 5. The fraction of sp³-hybridized carbons (Fsp3) is 0.348. The largest absolute Gasteiger partial charge is 0.349 e. The van der Waals surface area contributed by atoms with Crippen LogP contribution in [-0.4, -0.2) is 37.6 Å². The van der Waals surface area contributed by atoms with E-state index in [0.717, 1.165) is 41.2 Å². The van der Waals surface area contributed by atoms with Gasteiger partial charge >= 0.3 is 0 Å². The van der Waals surface area contributed by atoms with Crippen LogP contribution in [0.4, 0.5) is 5.69 Å². The third kappa shape index (κ3) is 4.79. The topological polar surface area (TPSA) is 102 Å². The number of carbonyl (C=O) groups is 2. The standard InChI is InChI=1S/C23H26N6O2/c1-13-11-14(2)25-23(24-13)29-16(4)20(15(3)28-29)12-21(30)26-18-7-5-17(6-8-18)22(31)27-19-9-10-19/h5-8,11,19H,9-10,12H2,1-4H3,(H,26,30)(H,27,31). The Bertz CT molecular complexity index is 1130. The second-order valence-corrected chi connectivity index (χ2v) is 8.06. The highest BCUT2D eigenvalue weighted by Crippen LogP contribution is 2.20. The Morgan fingerprint density at radius 3 is 2.29 bits per heavy atom. The molecule has 2 N–H and O–H groups in total. The van der Waals surface area contributed by atoms with Gasteiger partial charge in [-0.2, -0.15) is 5.10 Å². The van der Waals surface area contributed by atoms with Crippen LogP contribution in [0.25, 0.3) is 5.95 Å². The zero-order valence-corrected chi connectivity index (χ0v) is 18.2. The van der Waals surface area contributed by atoms with E-state index in [1.165, 1.54) is 0 Å². The molecule has 0 saturated heterocycles. The van der Waals surface area contributed by atoms with Crippen LogP contribution in [0.3, 0.4) is 0 Å². The summed E-state index contributed by atoms with van der Waals surface area (Å²) >= 11 is 0. The number of nitrogens with zero attached hydrogens (tertiary/aromatic N) is 4. The van der Waals surface area contributed by atoms with E-state index in [1.807, 2.05) is 33.8 Å². The molecule has 0 spiro atoms. The molecule has 31 heavy (non-hydrogen) atoms. The van der Waals surface area contributed by atoms with E-state index in [2.05, 4.69) is 25.7 Å². The molecular weight excluding hydrogens is 392 g/mol. The van der Waals surface area contributed by atoms with Gasteiger partial charge in [-0.25, -0.2) is 14.6 Å². The molecule has 0 aliphatic heterocycles. The summed E-state index contributed by atoms with van der Waals surface area (Å²) in [6.45, 7) is 7.62. The summed E-state index contributed by atoms with van der Waals surface area (Å²) in [5, 5.41) is 10.4. The summed E-state index contributed by atoms with van der Waals surface area (Å²) in [6, 6.07) is 9.15. The Balaban J connectivity index is 1.45. The van der Waals surface area contributed by atoms with Crippen LogP contribution < -0.4 is 10.6 Å². The molecule has 1 saturated carbocycles. The molecule has 8 heteroatoms. The summed E-state index contributed by atoms with van der Waals surface area (Å²) < 4.78 is 1.69. The van der Waals surface area contributed by atoms with Gasteiger partial charge in [-0.1, -0.05) is 0 Å². The lowest BCUT2D eigenvalue weighted by molar-refractivity contribution is -0.115. The first-order valence-electron chi connectivity index (χ1n) is 10.4. The molecule has 0 atom stereocenters. The smallest absolute Gasteiger partial charge is 0.251 e. The van der Waals surface area contributed by atoms with Crippen molar-refractivity contribution < 1.29 is 9.59 Å². The van der Waals surface area contributed by atoms with Gasteiger partial charge in [0.05, 0.1) is 12.1 Å². The zero-order valence-electron chi connectivity index (χ0n) is 18.2. The van der Waals surface area contributed by atoms with Crippen LogP contribution >= 0.6 is 0 Å². The number of hydrogen-bond donors (Lipinski definition) is 2. The number of benzene rings is 1. The maximum Gasteiger partial charge on any atom is 0.251 e. The highest BCUT2D eigenvalue weighted by molar-refractivity contribution is 5.96. The van der Waals surface area contributed by atoms with Crippen molar-refractivity contribution in [1.82, 2.24) is 25.1 Å². The van der Waals surface area contributed by atoms with Gasteiger partial charge in [0.15, 0.2) is 0 Å². The first-order chi connectivity index (χ1) is 14.8. The van der Waals surface area contributed by atoms with E-state index >= 15 is 0 Å². The van der Waals surface area contributed by atoms with Crippen molar-refractivity contribution in [3.8, 4) is 5.95 Å². The van der Waals surface area contributed by atoms with Crippen molar-refractivity contribution in [2.45, 2.75) is 53.0 Å². The first-order valence-corrected chi connectivity index (χ1v) is 10.4. The van der Waals surface area contributed by atoms with Gasteiger partial charge in [-0.05, 0) is 70.9 Å². The number of rotatable bonds is 6. The van der Waals surface area contributed by atoms with Crippen molar-refractivity contribution in [3.05, 3.63) is 64.2 Å². The predicted molar refractivity (Wildman–Crippen MR) is 117 cm³/mol. The molecule has 0 bridgehead atoms. The second kappa shape index (κ2) is 8.29. The SMILES string of the molecule is Cc1cc(C)nc(-n2nc(C)c(CC(=O)Nc3ccc(C(=O)NC4CC4)cc3)c2C)n1. The summed E-state index contributed by atoms with van der Waals surface area (Å²) in [6.07, 6.45) is 2.28. The van der Waals surface area contributed by atoms with Crippen molar-refractivity contribution in [2.24, 2.45) is 0 Å². The minimum atomic E-state index is -0.151. The van der Waals surface area contributed by atoms with Gasteiger partial charge in [0, 0.05) is 39.9 Å². The van der Waals surface area contributed by atoms with Crippen molar-refractivity contribution in [2.75, 3.05) is 5.32 Å². The number of anilines is 1. The number of amides is 2. The van der Waals surface area contributed by atoms with Crippen LogP contribution in [0.2, 0.25) is 0 Å². The number of aryl methyl sites for hydroxylation is 3. The Kier molecular flexibility index (Phi) is 5.54. The highest BCUT2D eigenvalue weighted by Gasteiger charge is 2.23. The third-order valence-corrected chi connectivity index (χ3v) is 5.28. The Morgan fingerprint density at radius 1 is 1.03 bits per heavy atom. The molecule has 4 rings (SSSR count). The molecule has 1 aliphatic rings. The normalized spacial score (nSPS) is 13.2. The summed E-state index contributed by atoms with van der Waals surface area (Å²) in [4.78, 5) is 33.7. The second-order valence-electron chi connectivity index (χ2n) is 8.06. The van der Waals surface area contributed by atoms with Crippen molar-refractivity contribution in [1.29, 1.82) is 0 Å². The molecule has 2 amide bonds. The molecule has 0 radical (unpaired) electrons. The summed E-state index contributed by atoms with van der Waals surface area (Å²) in [5.41, 5.74) is 5.42. The molecule has 8 nitrogen and oxygen atoms in total. The van der Waals surface area contributed by atoms with Crippen LogP contribution in [0, 0.1) is 27.7 Å². The van der Waals surface area contributed by atoms with Gasteiger partial charge in [-0.3, -0.25) is 9.59 Å². The van der Waals surface area contributed by atoms with E-state index in [-0.39, 0.29) is 18.2 Å².